The largest absolute Gasteiger partial charge is 0.329 e. The fourth-order valence-electron chi connectivity index (χ4n) is 2.89. The molecule has 1 aromatic carbocycles. The van der Waals surface area contributed by atoms with Crippen molar-refractivity contribution in [1.29, 1.82) is 0 Å². The van der Waals surface area contributed by atoms with E-state index in [0.717, 1.165) is 6.42 Å². The van der Waals surface area contributed by atoms with Crippen LogP contribution in [0.25, 0.3) is 0 Å². The van der Waals surface area contributed by atoms with Crippen LogP contribution in [0.5, 0.6) is 0 Å². The predicted octanol–water partition coefficient (Wildman–Crippen LogP) is 3.74. The zero-order chi connectivity index (χ0) is 15.2. The van der Waals surface area contributed by atoms with E-state index in [4.69, 9.17) is 5.73 Å². The Bertz CT molecular complexity index is 509. The first-order chi connectivity index (χ1) is 10.1. The summed E-state index contributed by atoms with van der Waals surface area (Å²) in [7, 11) is 2.20. The molecule has 2 nitrogen and oxygen atoms in total. The predicted molar refractivity (Wildman–Crippen MR) is 92.9 cm³/mol. The minimum absolute atomic E-state index is 0.363. The Labute approximate surface area is 132 Å². The van der Waals surface area contributed by atoms with Gasteiger partial charge in [0.2, 0.25) is 0 Å². The van der Waals surface area contributed by atoms with Crippen LogP contribution < -0.4 is 5.73 Å². The monoisotopic (exact) mass is 302 g/mol. The highest BCUT2D eigenvalue weighted by Crippen LogP contribution is 2.24. The summed E-state index contributed by atoms with van der Waals surface area (Å²) >= 11 is 1.83. The highest BCUT2D eigenvalue weighted by atomic mass is 32.1. The summed E-state index contributed by atoms with van der Waals surface area (Å²) in [6.07, 6.45) is 1.09. The normalized spacial score (nSPS) is 15.9. The van der Waals surface area contributed by atoms with Crippen LogP contribution in [0, 0.1) is 0 Å². The molecule has 1 aromatic heterocycles. The number of nitrogens with two attached hydrogens (primary N) is 1. The van der Waals surface area contributed by atoms with Gasteiger partial charge in [-0.1, -0.05) is 43.3 Å². The Hall–Kier alpha value is -1.16. The molecule has 2 rings (SSSR count). The van der Waals surface area contributed by atoms with Gasteiger partial charge in [0.25, 0.3) is 0 Å². The van der Waals surface area contributed by atoms with Crippen molar-refractivity contribution in [2.24, 2.45) is 5.73 Å². The van der Waals surface area contributed by atoms with Gasteiger partial charge in [0.05, 0.1) is 0 Å². The number of thiophene rings is 1. The lowest BCUT2D eigenvalue weighted by Gasteiger charge is -2.36. The molecule has 3 atom stereocenters. The van der Waals surface area contributed by atoms with Crippen LogP contribution in [0.2, 0.25) is 0 Å². The molecule has 3 heteroatoms. The van der Waals surface area contributed by atoms with Crippen molar-refractivity contribution >= 4 is 11.3 Å². The fourth-order valence-corrected chi connectivity index (χ4v) is 3.72. The molecule has 3 unspecified atom stereocenters. The summed E-state index contributed by atoms with van der Waals surface area (Å²) in [5, 5.41) is 2.15. The zero-order valence-electron chi connectivity index (χ0n) is 13.2. The molecule has 21 heavy (non-hydrogen) atoms. The average molecular weight is 302 g/mol. The first kappa shape index (κ1) is 16.2. The number of hydrogen-bond donors (Lipinski definition) is 1. The Kier molecular flexibility index (Phi) is 5.97. The molecule has 2 N–H and O–H groups in total. The van der Waals surface area contributed by atoms with E-state index in [2.05, 4.69) is 73.6 Å². The van der Waals surface area contributed by atoms with Crippen molar-refractivity contribution in [3.8, 4) is 0 Å². The van der Waals surface area contributed by atoms with E-state index in [-0.39, 0.29) is 0 Å². The lowest BCUT2D eigenvalue weighted by Crippen LogP contribution is -2.46. The molecule has 0 amide bonds. The summed E-state index contributed by atoms with van der Waals surface area (Å²) in [6.45, 7) is 5.25. The van der Waals surface area contributed by atoms with Gasteiger partial charge in [0, 0.05) is 23.5 Å². The van der Waals surface area contributed by atoms with Gasteiger partial charge >= 0.3 is 0 Å². The third-order valence-corrected chi connectivity index (χ3v) is 5.34. The highest BCUT2D eigenvalue weighted by Gasteiger charge is 2.25. The van der Waals surface area contributed by atoms with E-state index in [9.17, 15) is 0 Å². The molecule has 2 aromatic rings. The van der Waals surface area contributed by atoms with Crippen molar-refractivity contribution < 1.29 is 0 Å². The third-order valence-electron chi connectivity index (χ3n) is 4.44. The molecule has 0 aliphatic rings. The van der Waals surface area contributed by atoms with Crippen LogP contribution >= 0.6 is 11.3 Å². The van der Waals surface area contributed by atoms with Gasteiger partial charge in [0.1, 0.15) is 0 Å². The number of likely N-dealkylation sites (N-methyl/N-ethyl adjacent to an activating group) is 1. The molecule has 1 heterocycles. The second-order valence-corrected chi connectivity index (χ2v) is 6.83. The summed E-state index contributed by atoms with van der Waals surface area (Å²) < 4.78 is 0. The third kappa shape index (κ3) is 4.16. The first-order valence-electron chi connectivity index (χ1n) is 7.62. The summed E-state index contributed by atoms with van der Waals surface area (Å²) in [6, 6.07) is 15.9. The Morgan fingerprint density at radius 1 is 1.10 bits per heavy atom. The number of rotatable bonds is 7. The summed E-state index contributed by atoms with van der Waals surface area (Å²) in [5.41, 5.74) is 7.45. The van der Waals surface area contributed by atoms with Crippen molar-refractivity contribution in [2.75, 3.05) is 13.6 Å². The van der Waals surface area contributed by atoms with E-state index in [1.807, 2.05) is 11.3 Å². The van der Waals surface area contributed by atoms with Crippen molar-refractivity contribution in [1.82, 2.24) is 4.90 Å². The van der Waals surface area contributed by atoms with Crippen LogP contribution in [0.3, 0.4) is 0 Å². The molecular formula is C18H26N2S. The number of hydrogen-bond acceptors (Lipinski definition) is 3. The molecule has 0 spiro atoms. The maximum atomic E-state index is 6.08. The standard InChI is InChI=1S/C18H26N2S/c1-14(12-17-10-7-11-21-17)20(3)18(13-19)15(2)16-8-5-4-6-9-16/h4-11,14-15,18H,12-13,19H2,1-3H3. The Balaban J connectivity index is 2.05. The van der Waals surface area contributed by atoms with E-state index in [0.29, 0.717) is 24.5 Å². The molecule has 114 valence electrons. The topological polar surface area (TPSA) is 29.3 Å². The van der Waals surface area contributed by atoms with Crippen molar-refractivity contribution in [3.63, 3.8) is 0 Å². The van der Waals surface area contributed by atoms with E-state index in [1.54, 1.807) is 0 Å². The van der Waals surface area contributed by atoms with Crippen LogP contribution in [0.1, 0.15) is 30.2 Å². The summed E-state index contributed by atoms with van der Waals surface area (Å²) in [5.74, 6) is 0.437. The SMILES string of the molecule is CC(c1ccccc1)C(CN)N(C)C(C)Cc1cccs1. The first-order valence-corrected chi connectivity index (χ1v) is 8.50. The maximum Gasteiger partial charge on any atom is 0.0284 e. The summed E-state index contributed by atoms with van der Waals surface area (Å²) in [4.78, 5) is 3.88. The lowest BCUT2D eigenvalue weighted by molar-refractivity contribution is 0.167. The lowest BCUT2D eigenvalue weighted by atomic mass is 9.91. The average Bonchev–Trinajstić information content (AvgIpc) is 3.01. The molecule has 0 aliphatic heterocycles. The molecule has 0 saturated heterocycles. The maximum absolute atomic E-state index is 6.08. The van der Waals surface area contributed by atoms with E-state index >= 15 is 0 Å². The molecule has 0 radical (unpaired) electrons. The Morgan fingerprint density at radius 2 is 1.81 bits per heavy atom. The van der Waals surface area contributed by atoms with E-state index < -0.39 is 0 Å². The van der Waals surface area contributed by atoms with Crippen molar-refractivity contribution in [3.05, 3.63) is 58.3 Å². The molecule has 0 saturated carbocycles. The van der Waals surface area contributed by atoms with Gasteiger partial charge in [-0.2, -0.15) is 0 Å². The van der Waals surface area contributed by atoms with Crippen LogP contribution in [0.15, 0.2) is 47.8 Å². The molecule has 0 bridgehead atoms. The zero-order valence-corrected chi connectivity index (χ0v) is 14.0. The molecule has 0 fully saturated rings. The number of benzene rings is 1. The van der Waals surface area contributed by atoms with Crippen molar-refractivity contribution in [2.45, 2.75) is 38.3 Å². The fraction of sp³-hybridized carbons (Fsp3) is 0.444. The Morgan fingerprint density at radius 3 is 2.38 bits per heavy atom. The van der Waals surface area contributed by atoms with Gasteiger partial charge < -0.3 is 5.73 Å². The highest BCUT2D eigenvalue weighted by molar-refractivity contribution is 7.09. The van der Waals surface area contributed by atoms with Gasteiger partial charge in [-0.15, -0.1) is 11.3 Å². The van der Waals surface area contributed by atoms with Crippen LogP contribution in [-0.4, -0.2) is 30.6 Å². The van der Waals surface area contributed by atoms with Crippen LogP contribution in [-0.2, 0) is 6.42 Å². The smallest absolute Gasteiger partial charge is 0.0284 e. The second-order valence-electron chi connectivity index (χ2n) is 5.80. The number of nitrogens with zero attached hydrogens (tertiary/aromatic N) is 1. The molecule has 0 aliphatic carbocycles. The molecular weight excluding hydrogens is 276 g/mol. The van der Waals surface area contributed by atoms with Crippen LogP contribution in [0.4, 0.5) is 0 Å². The van der Waals surface area contributed by atoms with Gasteiger partial charge in [-0.25, -0.2) is 0 Å². The van der Waals surface area contributed by atoms with E-state index in [1.165, 1.54) is 10.4 Å². The van der Waals surface area contributed by atoms with Gasteiger partial charge in [0.15, 0.2) is 0 Å². The van der Waals surface area contributed by atoms with Gasteiger partial charge in [-0.05, 0) is 43.3 Å². The minimum Gasteiger partial charge on any atom is -0.329 e. The minimum atomic E-state index is 0.363. The van der Waals surface area contributed by atoms with Gasteiger partial charge in [-0.3, -0.25) is 4.90 Å². The quantitative estimate of drug-likeness (QED) is 0.844. The second kappa shape index (κ2) is 7.74.